The van der Waals surface area contributed by atoms with Crippen molar-refractivity contribution in [3.05, 3.63) is 102 Å². The summed E-state index contributed by atoms with van der Waals surface area (Å²) in [6.45, 7) is 0.246. The minimum atomic E-state index is -0.525. The van der Waals surface area contributed by atoms with Crippen molar-refractivity contribution in [1.82, 2.24) is 0 Å². The van der Waals surface area contributed by atoms with E-state index in [2.05, 4.69) is 27.9 Å². The molecule has 1 amide bonds. The summed E-state index contributed by atoms with van der Waals surface area (Å²) in [6.07, 6.45) is 1.49. The van der Waals surface area contributed by atoms with Gasteiger partial charge in [-0.15, -0.1) is 0 Å². The maximum Gasteiger partial charge on any atom is 0.269 e. The summed E-state index contributed by atoms with van der Waals surface area (Å²) in [5.74, 6) is 0.0913. The monoisotopic (exact) mass is 559 g/mol. The standard InChI is InChI=1S/C23H15ClIN3O4/c24-18-4-6-19(7-5-18)27-23(29)17(13-26)11-16-3-10-22(21(25)12-16)32-14-15-1-8-20(9-2-15)28(30)31/h1-12H,14H2,(H,27,29)/b17-11-. The number of nitrogens with one attached hydrogen (secondary N) is 1. The number of nitrogens with zero attached hydrogens (tertiary/aromatic N) is 2. The van der Waals surface area contributed by atoms with Crippen LogP contribution >= 0.6 is 34.2 Å². The lowest BCUT2D eigenvalue weighted by Gasteiger charge is -2.09. The first-order chi connectivity index (χ1) is 15.4. The zero-order chi connectivity index (χ0) is 23.1. The Hall–Kier alpha value is -3.42. The van der Waals surface area contributed by atoms with Gasteiger partial charge in [-0.1, -0.05) is 17.7 Å². The summed E-state index contributed by atoms with van der Waals surface area (Å²) in [7, 11) is 0. The Kier molecular flexibility index (Phi) is 7.81. The third-order valence-electron chi connectivity index (χ3n) is 4.28. The number of carbonyl (C=O) groups is 1. The van der Waals surface area contributed by atoms with Crippen molar-refractivity contribution in [2.75, 3.05) is 5.32 Å². The molecule has 0 saturated heterocycles. The molecular weight excluding hydrogens is 545 g/mol. The number of benzene rings is 3. The molecule has 1 N–H and O–H groups in total. The Morgan fingerprint density at radius 3 is 2.44 bits per heavy atom. The molecule has 0 spiro atoms. The smallest absolute Gasteiger partial charge is 0.269 e. The number of anilines is 1. The molecule has 0 unspecified atom stereocenters. The number of hydrogen-bond donors (Lipinski definition) is 1. The lowest BCUT2D eigenvalue weighted by atomic mass is 10.1. The van der Waals surface area contributed by atoms with E-state index in [0.29, 0.717) is 22.0 Å². The quantitative estimate of drug-likeness (QED) is 0.126. The predicted octanol–water partition coefficient (Wildman–Crippen LogP) is 5.98. The molecule has 0 aliphatic carbocycles. The Morgan fingerprint density at radius 1 is 1.16 bits per heavy atom. The van der Waals surface area contributed by atoms with Crippen molar-refractivity contribution in [1.29, 1.82) is 5.26 Å². The summed E-state index contributed by atoms with van der Waals surface area (Å²) in [6, 6.07) is 19.9. The molecule has 0 aromatic heterocycles. The third kappa shape index (κ3) is 6.29. The number of amides is 1. The zero-order valence-electron chi connectivity index (χ0n) is 16.4. The highest BCUT2D eigenvalue weighted by molar-refractivity contribution is 14.1. The molecule has 0 atom stereocenters. The van der Waals surface area contributed by atoms with E-state index in [1.54, 1.807) is 54.6 Å². The molecule has 160 valence electrons. The summed E-state index contributed by atoms with van der Waals surface area (Å²) in [5, 5.41) is 23.3. The van der Waals surface area contributed by atoms with Crippen LogP contribution in [0.5, 0.6) is 5.75 Å². The van der Waals surface area contributed by atoms with Gasteiger partial charge in [0.2, 0.25) is 0 Å². The highest BCUT2D eigenvalue weighted by Gasteiger charge is 2.11. The molecule has 0 bridgehead atoms. The normalized spacial score (nSPS) is 10.8. The van der Waals surface area contributed by atoms with Gasteiger partial charge in [0.05, 0.1) is 8.49 Å². The summed E-state index contributed by atoms with van der Waals surface area (Å²) in [5.41, 5.74) is 1.97. The van der Waals surface area contributed by atoms with Crippen molar-refractivity contribution in [3.63, 3.8) is 0 Å². The molecule has 0 heterocycles. The maximum atomic E-state index is 12.4. The molecule has 0 radical (unpaired) electrons. The minimum absolute atomic E-state index is 0.0212. The number of nitriles is 1. The van der Waals surface area contributed by atoms with E-state index in [1.165, 1.54) is 18.2 Å². The van der Waals surface area contributed by atoms with Gasteiger partial charge in [0, 0.05) is 22.8 Å². The van der Waals surface area contributed by atoms with Crippen LogP contribution < -0.4 is 10.1 Å². The first kappa shape index (κ1) is 23.2. The van der Waals surface area contributed by atoms with Crippen LogP contribution in [0.4, 0.5) is 11.4 Å². The molecule has 0 saturated carbocycles. The predicted molar refractivity (Wildman–Crippen MR) is 130 cm³/mol. The van der Waals surface area contributed by atoms with E-state index in [-0.39, 0.29) is 17.9 Å². The van der Waals surface area contributed by atoms with Crippen LogP contribution in [0.1, 0.15) is 11.1 Å². The van der Waals surface area contributed by atoms with Gasteiger partial charge in [-0.25, -0.2) is 0 Å². The van der Waals surface area contributed by atoms with Crippen LogP contribution in [0.25, 0.3) is 6.08 Å². The number of non-ortho nitro benzene ring substituents is 1. The second kappa shape index (κ2) is 10.7. The highest BCUT2D eigenvalue weighted by Crippen LogP contribution is 2.25. The van der Waals surface area contributed by atoms with E-state index in [4.69, 9.17) is 16.3 Å². The molecule has 32 heavy (non-hydrogen) atoms. The first-order valence-electron chi connectivity index (χ1n) is 9.20. The topological polar surface area (TPSA) is 105 Å². The third-order valence-corrected chi connectivity index (χ3v) is 5.37. The Labute approximate surface area is 202 Å². The van der Waals surface area contributed by atoms with E-state index < -0.39 is 10.8 Å². The van der Waals surface area contributed by atoms with Crippen LogP contribution in [0.2, 0.25) is 5.02 Å². The van der Waals surface area contributed by atoms with Crippen molar-refractivity contribution < 1.29 is 14.5 Å². The van der Waals surface area contributed by atoms with Crippen LogP contribution in [-0.2, 0) is 11.4 Å². The molecule has 3 aromatic carbocycles. The summed E-state index contributed by atoms with van der Waals surface area (Å²) in [4.78, 5) is 22.7. The van der Waals surface area contributed by atoms with E-state index in [9.17, 15) is 20.2 Å². The Balaban J connectivity index is 1.67. The highest BCUT2D eigenvalue weighted by atomic mass is 127. The molecule has 3 aromatic rings. The number of halogens is 2. The van der Waals surface area contributed by atoms with E-state index in [0.717, 1.165) is 9.13 Å². The average Bonchev–Trinajstić information content (AvgIpc) is 2.78. The Morgan fingerprint density at radius 2 is 1.84 bits per heavy atom. The van der Waals surface area contributed by atoms with Crippen molar-refractivity contribution in [2.45, 2.75) is 6.61 Å². The van der Waals surface area contributed by atoms with Crippen molar-refractivity contribution >= 4 is 57.5 Å². The lowest BCUT2D eigenvalue weighted by molar-refractivity contribution is -0.384. The molecular formula is C23H15ClIN3O4. The van der Waals surface area contributed by atoms with Gasteiger partial charge < -0.3 is 10.1 Å². The fourth-order valence-corrected chi connectivity index (χ4v) is 3.47. The van der Waals surface area contributed by atoms with Crippen LogP contribution in [0.15, 0.2) is 72.3 Å². The average molecular weight is 560 g/mol. The molecule has 0 aliphatic heterocycles. The van der Waals surface area contributed by atoms with Gasteiger partial charge in [-0.05, 0) is 88.3 Å². The van der Waals surface area contributed by atoms with E-state index in [1.807, 2.05) is 6.07 Å². The molecule has 7 nitrogen and oxygen atoms in total. The minimum Gasteiger partial charge on any atom is -0.488 e. The SMILES string of the molecule is N#C/C(=C/c1ccc(OCc2ccc([N+](=O)[O-])cc2)c(I)c1)C(=O)Nc1ccc(Cl)cc1. The second-order valence-electron chi connectivity index (χ2n) is 6.53. The van der Waals surface area contributed by atoms with Crippen LogP contribution in [0, 0.1) is 25.0 Å². The van der Waals surface area contributed by atoms with Gasteiger partial charge in [-0.2, -0.15) is 5.26 Å². The number of rotatable bonds is 7. The Bertz CT molecular complexity index is 1220. The largest absolute Gasteiger partial charge is 0.488 e. The molecule has 3 rings (SSSR count). The molecule has 9 heteroatoms. The maximum absolute atomic E-state index is 12.4. The number of carbonyl (C=O) groups excluding carboxylic acids is 1. The fourth-order valence-electron chi connectivity index (χ4n) is 2.65. The number of hydrogen-bond acceptors (Lipinski definition) is 5. The van der Waals surface area contributed by atoms with Gasteiger partial charge in [0.1, 0.15) is 24.0 Å². The number of nitro benzene ring substituents is 1. The van der Waals surface area contributed by atoms with Gasteiger partial charge in [0.15, 0.2) is 0 Å². The van der Waals surface area contributed by atoms with Crippen molar-refractivity contribution in [2.24, 2.45) is 0 Å². The molecule has 0 aliphatic rings. The van der Waals surface area contributed by atoms with E-state index >= 15 is 0 Å². The fraction of sp³-hybridized carbons (Fsp3) is 0.0435. The van der Waals surface area contributed by atoms with Gasteiger partial charge in [-0.3, -0.25) is 14.9 Å². The van der Waals surface area contributed by atoms with Crippen molar-refractivity contribution in [3.8, 4) is 11.8 Å². The van der Waals surface area contributed by atoms with Gasteiger partial charge >= 0.3 is 0 Å². The number of nitro groups is 1. The summed E-state index contributed by atoms with van der Waals surface area (Å²) < 4.78 is 6.58. The lowest BCUT2D eigenvalue weighted by Crippen LogP contribution is -2.13. The van der Waals surface area contributed by atoms with Gasteiger partial charge in [0.25, 0.3) is 11.6 Å². The summed E-state index contributed by atoms with van der Waals surface area (Å²) >= 11 is 7.94. The van der Waals surface area contributed by atoms with Crippen LogP contribution in [-0.4, -0.2) is 10.8 Å². The molecule has 0 fully saturated rings. The second-order valence-corrected chi connectivity index (χ2v) is 8.13. The zero-order valence-corrected chi connectivity index (χ0v) is 19.3. The number of ether oxygens (including phenoxy) is 1. The first-order valence-corrected chi connectivity index (χ1v) is 10.7. The van der Waals surface area contributed by atoms with Crippen LogP contribution in [0.3, 0.4) is 0 Å².